The predicted molar refractivity (Wildman–Crippen MR) is 114 cm³/mol. The highest BCUT2D eigenvalue weighted by molar-refractivity contribution is 6.40. The number of carbonyl (C=O) groups excluding carboxylic acids is 2. The van der Waals surface area contributed by atoms with E-state index in [9.17, 15) is 9.59 Å². The van der Waals surface area contributed by atoms with Gasteiger partial charge in [0, 0.05) is 43.3 Å². The van der Waals surface area contributed by atoms with Crippen LogP contribution in [0.25, 0.3) is 0 Å². The van der Waals surface area contributed by atoms with Gasteiger partial charge in [-0.15, -0.1) is 0 Å². The van der Waals surface area contributed by atoms with Crippen molar-refractivity contribution in [2.24, 2.45) is 10.8 Å². The molecule has 2 aliphatic heterocycles. The molecule has 2 N–H and O–H groups in total. The van der Waals surface area contributed by atoms with Gasteiger partial charge in [0.2, 0.25) is 5.91 Å². The van der Waals surface area contributed by atoms with Gasteiger partial charge in [0.15, 0.2) is 0 Å². The van der Waals surface area contributed by atoms with Crippen LogP contribution in [-0.2, 0) is 9.59 Å². The number of hydrogen-bond acceptors (Lipinski definition) is 5. The fourth-order valence-electron chi connectivity index (χ4n) is 3.68. The number of anilines is 2. The molecule has 2 aromatic rings. The molecule has 8 heteroatoms. The lowest BCUT2D eigenvalue weighted by atomic mass is 10.1. The molecule has 1 unspecified atom stereocenters. The van der Waals surface area contributed by atoms with Gasteiger partial charge in [0.1, 0.15) is 11.8 Å². The van der Waals surface area contributed by atoms with Crippen LogP contribution < -0.4 is 15.6 Å². The highest BCUT2D eigenvalue weighted by atomic mass is 35.5. The molecular weight excluding hydrogens is 390 g/mol. The van der Waals surface area contributed by atoms with Gasteiger partial charge in [0.05, 0.1) is 5.69 Å². The second kappa shape index (κ2) is 8.13. The van der Waals surface area contributed by atoms with Gasteiger partial charge in [0.25, 0.3) is 5.91 Å². The number of rotatable bonds is 4. The van der Waals surface area contributed by atoms with Crippen LogP contribution in [0, 0.1) is 0 Å². The number of para-hydroxylation sites is 1. The summed E-state index contributed by atoms with van der Waals surface area (Å²) in [7, 11) is 0. The predicted octanol–water partition coefficient (Wildman–Crippen LogP) is 2.11. The molecule has 0 spiro atoms. The number of hydrogen-bond donors (Lipinski definition) is 1. The van der Waals surface area contributed by atoms with E-state index in [4.69, 9.17) is 17.3 Å². The van der Waals surface area contributed by atoms with E-state index in [2.05, 4.69) is 10.0 Å². The van der Waals surface area contributed by atoms with E-state index in [0.717, 1.165) is 24.5 Å². The maximum atomic E-state index is 13.0. The monoisotopic (exact) mass is 411 g/mol. The van der Waals surface area contributed by atoms with Crippen molar-refractivity contribution >= 4 is 40.5 Å². The minimum atomic E-state index is -0.647. The third-order valence-corrected chi connectivity index (χ3v) is 5.52. The second-order valence-corrected chi connectivity index (χ2v) is 7.54. The zero-order chi connectivity index (χ0) is 20.4. The average Bonchev–Trinajstić information content (AvgIpc) is 3.20. The molecule has 29 heavy (non-hydrogen) atoms. The first kappa shape index (κ1) is 19.3. The molecule has 0 aliphatic carbocycles. The second-order valence-electron chi connectivity index (χ2n) is 7.10. The summed E-state index contributed by atoms with van der Waals surface area (Å²) < 4.78 is 0. The van der Waals surface area contributed by atoms with Gasteiger partial charge in [-0.25, -0.2) is 0 Å². The molecule has 7 nitrogen and oxygen atoms in total. The standard InChI is InChI=1S/C21H22ClN5O2/c22-15-6-8-16(9-7-15)25-10-12-26(13-11-25)21(29)18-14-19(20(23)28)27(24-18)17-4-2-1-3-5-17/h1-9,19H,10-14H2,(H2,23,28). The number of carbonyl (C=O) groups is 2. The summed E-state index contributed by atoms with van der Waals surface area (Å²) in [4.78, 5) is 28.9. The molecule has 1 fully saturated rings. The fraction of sp³-hybridized carbons (Fsp3) is 0.286. The van der Waals surface area contributed by atoms with Crippen LogP contribution in [-0.4, -0.2) is 54.6 Å². The third kappa shape index (κ3) is 4.05. The van der Waals surface area contributed by atoms with Crippen molar-refractivity contribution in [1.82, 2.24) is 4.90 Å². The summed E-state index contributed by atoms with van der Waals surface area (Å²) >= 11 is 5.96. The maximum absolute atomic E-state index is 13.0. The number of amides is 2. The highest BCUT2D eigenvalue weighted by Gasteiger charge is 2.37. The smallest absolute Gasteiger partial charge is 0.270 e. The Balaban J connectivity index is 1.44. The first-order chi connectivity index (χ1) is 14.0. The molecule has 1 atom stereocenters. The molecule has 0 aromatic heterocycles. The van der Waals surface area contributed by atoms with Gasteiger partial charge < -0.3 is 15.5 Å². The van der Waals surface area contributed by atoms with Gasteiger partial charge in [-0.2, -0.15) is 5.10 Å². The van der Waals surface area contributed by atoms with E-state index in [0.29, 0.717) is 23.8 Å². The molecule has 0 saturated carbocycles. The molecule has 1 saturated heterocycles. The first-order valence-electron chi connectivity index (χ1n) is 9.54. The van der Waals surface area contributed by atoms with Crippen LogP contribution in [0.4, 0.5) is 11.4 Å². The first-order valence-corrected chi connectivity index (χ1v) is 9.91. The zero-order valence-corrected chi connectivity index (χ0v) is 16.6. The van der Waals surface area contributed by atoms with Crippen molar-refractivity contribution in [1.29, 1.82) is 0 Å². The van der Waals surface area contributed by atoms with E-state index in [-0.39, 0.29) is 12.3 Å². The number of hydrazone groups is 1. The molecule has 2 aromatic carbocycles. The summed E-state index contributed by atoms with van der Waals surface area (Å²) in [5, 5.41) is 6.71. The van der Waals surface area contributed by atoms with E-state index >= 15 is 0 Å². The van der Waals surface area contributed by atoms with Crippen molar-refractivity contribution in [3.8, 4) is 0 Å². The summed E-state index contributed by atoms with van der Waals surface area (Å²) in [6, 6.07) is 16.3. The Hall–Kier alpha value is -3.06. The van der Waals surface area contributed by atoms with E-state index < -0.39 is 11.9 Å². The molecule has 4 rings (SSSR count). The van der Waals surface area contributed by atoms with Crippen molar-refractivity contribution in [2.75, 3.05) is 36.1 Å². The molecule has 150 valence electrons. The highest BCUT2D eigenvalue weighted by Crippen LogP contribution is 2.25. The van der Waals surface area contributed by atoms with Gasteiger partial charge in [-0.05, 0) is 36.4 Å². The van der Waals surface area contributed by atoms with Crippen LogP contribution in [0.1, 0.15) is 6.42 Å². The van der Waals surface area contributed by atoms with Crippen LogP contribution in [0.3, 0.4) is 0 Å². The Morgan fingerprint density at radius 1 is 0.931 bits per heavy atom. The minimum absolute atomic E-state index is 0.134. The number of primary amides is 1. The van der Waals surface area contributed by atoms with E-state index in [1.165, 1.54) is 0 Å². The number of benzene rings is 2. The lowest BCUT2D eigenvalue weighted by molar-refractivity contribution is -0.124. The molecule has 2 aliphatic rings. The molecule has 2 heterocycles. The minimum Gasteiger partial charge on any atom is -0.368 e. The van der Waals surface area contributed by atoms with Crippen LogP contribution in [0.5, 0.6) is 0 Å². The summed E-state index contributed by atoms with van der Waals surface area (Å²) in [6.45, 7) is 2.63. The topological polar surface area (TPSA) is 82.2 Å². The fourth-order valence-corrected chi connectivity index (χ4v) is 3.81. The van der Waals surface area contributed by atoms with Crippen molar-refractivity contribution < 1.29 is 9.59 Å². The van der Waals surface area contributed by atoms with Crippen LogP contribution in [0.2, 0.25) is 5.02 Å². The number of piperazine rings is 1. The Morgan fingerprint density at radius 3 is 2.21 bits per heavy atom. The zero-order valence-electron chi connectivity index (χ0n) is 15.9. The maximum Gasteiger partial charge on any atom is 0.270 e. The molecular formula is C21H22ClN5O2. The average molecular weight is 412 g/mol. The summed E-state index contributed by atoms with van der Waals surface area (Å²) in [5.74, 6) is -0.626. The Bertz CT molecular complexity index is 924. The Kier molecular flexibility index (Phi) is 5.40. The van der Waals surface area contributed by atoms with Crippen molar-refractivity contribution in [2.45, 2.75) is 12.5 Å². The normalized spacial score (nSPS) is 19.3. The number of halogens is 1. The number of nitrogens with two attached hydrogens (primary N) is 1. The third-order valence-electron chi connectivity index (χ3n) is 5.27. The molecule has 0 bridgehead atoms. The number of nitrogens with zero attached hydrogens (tertiary/aromatic N) is 4. The SMILES string of the molecule is NC(=O)C1CC(C(=O)N2CCN(c3ccc(Cl)cc3)CC2)=NN1c1ccccc1. The quantitative estimate of drug-likeness (QED) is 0.835. The largest absolute Gasteiger partial charge is 0.368 e. The van der Waals surface area contributed by atoms with Gasteiger partial charge in [-0.3, -0.25) is 14.6 Å². The van der Waals surface area contributed by atoms with Gasteiger partial charge >= 0.3 is 0 Å². The van der Waals surface area contributed by atoms with E-state index in [1.807, 2.05) is 54.6 Å². The lowest BCUT2D eigenvalue weighted by Crippen LogP contribution is -2.50. The molecule has 2 amide bonds. The Morgan fingerprint density at radius 2 is 1.59 bits per heavy atom. The van der Waals surface area contributed by atoms with Crippen LogP contribution in [0.15, 0.2) is 59.7 Å². The van der Waals surface area contributed by atoms with Crippen molar-refractivity contribution in [3.63, 3.8) is 0 Å². The van der Waals surface area contributed by atoms with Crippen LogP contribution >= 0.6 is 11.6 Å². The lowest BCUT2D eigenvalue weighted by Gasteiger charge is -2.36. The van der Waals surface area contributed by atoms with Crippen molar-refractivity contribution in [3.05, 3.63) is 59.6 Å². The summed E-state index contributed by atoms with van der Waals surface area (Å²) in [6.07, 6.45) is 0.223. The van der Waals surface area contributed by atoms with E-state index in [1.54, 1.807) is 9.91 Å². The Labute approximate surface area is 174 Å². The molecule has 0 radical (unpaired) electrons. The van der Waals surface area contributed by atoms with Gasteiger partial charge in [-0.1, -0.05) is 29.8 Å². The summed E-state index contributed by atoms with van der Waals surface area (Å²) in [5.41, 5.74) is 7.77.